The van der Waals surface area contributed by atoms with Gasteiger partial charge in [-0.3, -0.25) is 0 Å². The van der Waals surface area contributed by atoms with Crippen molar-refractivity contribution in [1.82, 2.24) is 4.98 Å². The second-order valence-corrected chi connectivity index (χ2v) is 5.12. The van der Waals surface area contributed by atoms with Crippen molar-refractivity contribution in [1.29, 1.82) is 5.26 Å². The number of hydrogen-bond acceptors (Lipinski definition) is 4. The van der Waals surface area contributed by atoms with Crippen LogP contribution < -0.4 is 5.32 Å². The van der Waals surface area contributed by atoms with E-state index in [1.165, 1.54) is 0 Å². The van der Waals surface area contributed by atoms with Crippen LogP contribution in [-0.2, 0) is 5.60 Å². The van der Waals surface area contributed by atoms with Gasteiger partial charge in [0.1, 0.15) is 17.4 Å². The average molecular weight is 288 g/mol. The predicted octanol–water partition coefficient (Wildman–Crippen LogP) is 2.93. The smallest absolute Gasteiger partial charge is 0.140 e. The van der Waals surface area contributed by atoms with Crippen LogP contribution in [0.3, 0.4) is 0 Å². The van der Waals surface area contributed by atoms with Crippen LogP contribution in [0.5, 0.6) is 0 Å². The zero-order chi connectivity index (χ0) is 14.6. The van der Waals surface area contributed by atoms with Crippen molar-refractivity contribution in [3.05, 3.63) is 58.9 Å². The highest BCUT2D eigenvalue weighted by atomic mass is 35.5. The molecule has 0 radical (unpaired) electrons. The molecule has 0 fully saturated rings. The lowest BCUT2D eigenvalue weighted by molar-refractivity contribution is 0.0715. The molecule has 4 nitrogen and oxygen atoms in total. The summed E-state index contributed by atoms with van der Waals surface area (Å²) in [6.45, 7) is 2.02. The summed E-state index contributed by atoms with van der Waals surface area (Å²) in [7, 11) is 0. The summed E-state index contributed by atoms with van der Waals surface area (Å²) in [6, 6.07) is 12.5. The van der Waals surface area contributed by atoms with Gasteiger partial charge in [-0.15, -0.1) is 0 Å². The Morgan fingerprint density at radius 1 is 1.40 bits per heavy atom. The van der Waals surface area contributed by atoms with Gasteiger partial charge in [-0.25, -0.2) is 4.98 Å². The maximum atomic E-state index is 10.5. The number of nitrogens with one attached hydrogen (secondary N) is 1. The van der Waals surface area contributed by atoms with E-state index in [4.69, 9.17) is 16.9 Å². The fourth-order valence-corrected chi connectivity index (χ4v) is 1.95. The first-order valence-electron chi connectivity index (χ1n) is 6.10. The highest BCUT2D eigenvalue weighted by molar-refractivity contribution is 6.30. The quantitative estimate of drug-likeness (QED) is 0.907. The molecule has 1 unspecified atom stereocenters. The highest BCUT2D eigenvalue weighted by Gasteiger charge is 2.23. The van der Waals surface area contributed by atoms with E-state index in [1.54, 1.807) is 43.5 Å². The Balaban J connectivity index is 2.06. The van der Waals surface area contributed by atoms with Crippen molar-refractivity contribution in [3.8, 4) is 6.07 Å². The second-order valence-electron chi connectivity index (χ2n) is 4.68. The number of benzene rings is 1. The highest BCUT2D eigenvalue weighted by Crippen LogP contribution is 2.24. The van der Waals surface area contributed by atoms with Gasteiger partial charge in [0.25, 0.3) is 0 Å². The largest absolute Gasteiger partial charge is 0.384 e. The predicted molar refractivity (Wildman–Crippen MR) is 78.5 cm³/mol. The van der Waals surface area contributed by atoms with Crippen molar-refractivity contribution in [2.45, 2.75) is 12.5 Å². The number of nitrogens with zero attached hydrogens (tertiary/aromatic N) is 2. The third-order valence-corrected chi connectivity index (χ3v) is 3.20. The Morgan fingerprint density at radius 3 is 2.80 bits per heavy atom. The number of anilines is 1. The summed E-state index contributed by atoms with van der Waals surface area (Å²) in [5.74, 6) is 0. The van der Waals surface area contributed by atoms with Gasteiger partial charge in [0.15, 0.2) is 0 Å². The number of aromatic nitrogens is 1. The number of aliphatic hydroxyl groups is 1. The van der Waals surface area contributed by atoms with E-state index in [9.17, 15) is 5.11 Å². The first kappa shape index (κ1) is 14.3. The molecule has 1 aromatic heterocycles. The second kappa shape index (κ2) is 5.91. The lowest BCUT2D eigenvalue weighted by atomic mass is 9.96. The Hall–Kier alpha value is -2.09. The summed E-state index contributed by atoms with van der Waals surface area (Å²) < 4.78 is 0. The van der Waals surface area contributed by atoms with Gasteiger partial charge >= 0.3 is 0 Å². The fourth-order valence-electron chi connectivity index (χ4n) is 1.76. The van der Waals surface area contributed by atoms with Gasteiger partial charge < -0.3 is 10.4 Å². The topological polar surface area (TPSA) is 68.9 Å². The molecular formula is C15H14ClN3O. The van der Waals surface area contributed by atoms with Crippen molar-refractivity contribution >= 4 is 17.3 Å². The molecule has 1 atom stereocenters. The third-order valence-electron chi connectivity index (χ3n) is 2.96. The zero-order valence-electron chi connectivity index (χ0n) is 11.0. The fraction of sp³-hybridized carbons (Fsp3) is 0.200. The summed E-state index contributed by atoms with van der Waals surface area (Å²) in [5, 5.41) is 22.8. The maximum Gasteiger partial charge on any atom is 0.140 e. The minimum atomic E-state index is -1.06. The van der Waals surface area contributed by atoms with Crippen molar-refractivity contribution in [2.24, 2.45) is 0 Å². The molecule has 1 aromatic carbocycles. The van der Waals surface area contributed by atoms with Gasteiger partial charge in [-0.1, -0.05) is 23.7 Å². The molecule has 5 heteroatoms. The summed E-state index contributed by atoms with van der Waals surface area (Å²) in [6.07, 6.45) is 1.56. The lowest BCUT2D eigenvalue weighted by Crippen LogP contribution is -2.30. The van der Waals surface area contributed by atoms with E-state index < -0.39 is 5.60 Å². The van der Waals surface area contributed by atoms with Crippen LogP contribution in [0.1, 0.15) is 18.2 Å². The molecule has 0 bridgehead atoms. The monoisotopic (exact) mass is 287 g/mol. The van der Waals surface area contributed by atoms with Crippen LogP contribution in [0, 0.1) is 11.3 Å². The van der Waals surface area contributed by atoms with Gasteiger partial charge in [0, 0.05) is 11.6 Å². The molecule has 0 saturated heterocycles. The maximum absolute atomic E-state index is 10.5. The third kappa shape index (κ3) is 3.47. The molecule has 2 rings (SSSR count). The standard InChI is InChI=1S/C15H14ClN3O/c1-15(20,11-3-2-4-12(16)7-11)10-19-14-6-5-13(8-17)18-9-14/h2-7,9,19-20H,10H2,1H3. The number of pyridine rings is 1. The Kier molecular flexibility index (Phi) is 4.23. The zero-order valence-corrected chi connectivity index (χ0v) is 11.7. The van der Waals surface area contributed by atoms with E-state index in [2.05, 4.69) is 10.3 Å². The van der Waals surface area contributed by atoms with Crippen molar-refractivity contribution in [2.75, 3.05) is 11.9 Å². The SMILES string of the molecule is CC(O)(CNc1ccc(C#N)nc1)c1cccc(Cl)c1. The molecule has 0 aliphatic rings. The first-order valence-corrected chi connectivity index (χ1v) is 6.47. The van der Waals surface area contributed by atoms with E-state index >= 15 is 0 Å². The molecule has 1 heterocycles. The summed E-state index contributed by atoms with van der Waals surface area (Å²) in [5.41, 5.74) is 0.779. The molecule has 0 amide bonds. The number of rotatable bonds is 4. The lowest BCUT2D eigenvalue weighted by Gasteiger charge is -2.25. The van der Waals surface area contributed by atoms with E-state index in [1.807, 2.05) is 12.1 Å². The molecule has 2 N–H and O–H groups in total. The summed E-state index contributed by atoms with van der Waals surface area (Å²) >= 11 is 5.93. The van der Waals surface area contributed by atoms with Gasteiger partial charge in [-0.2, -0.15) is 5.26 Å². The van der Waals surface area contributed by atoms with E-state index in [-0.39, 0.29) is 0 Å². The molecule has 0 saturated carbocycles. The molecule has 0 spiro atoms. The molecule has 20 heavy (non-hydrogen) atoms. The van der Waals surface area contributed by atoms with Gasteiger partial charge in [-0.05, 0) is 36.8 Å². The van der Waals surface area contributed by atoms with Crippen molar-refractivity contribution in [3.63, 3.8) is 0 Å². The van der Waals surface area contributed by atoms with Gasteiger partial charge in [0.05, 0.1) is 11.9 Å². The summed E-state index contributed by atoms with van der Waals surface area (Å²) in [4.78, 5) is 3.96. The molecule has 0 aliphatic carbocycles. The molecule has 102 valence electrons. The van der Waals surface area contributed by atoms with E-state index in [0.29, 0.717) is 17.3 Å². The normalized spacial score (nSPS) is 13.3. The average Bonchev–Trinajstić information content (AvgIpc) is 2.46. The van der Waals surface area contributed by atoms with Gasteiger partial charge in [0.2, 0.25) is 0 Å². The Labute approximate surface area is 122 Å². The van der Waals surface area contributed by atoms with Crippen LogP contribution in [-0.4, -0.2) is 16.6 Å². The number of hydrogen-bond donors (Lipinski definition) is 2. The number of nitriles is 1. The van der Waals surface area contributed by atoms with Crippen LogP contribution in [0.2, 0.25) is 5.02 Å². The first-order chi connectivity index (χ1) is 9.51. The Bertz CT molecular complexity index is 632. The van der Waals surface area contributed by atoms with Crippen LogP contribution >= 0.6 is 11.6 Å². The molecule has 0 aliphatic heterocycles. The van der Waals surface area contributed by atoms with Crippen LogP contribution in [0.4, 0.5) is 5.69 Å². The Morgan fingerprint density at radius 2 is 2.20 bits per heavy atom. The minimum Gasteiger partial charge on any atom is -0.384 e. The molecule has 2 aromatic rings. The van der Waals surface area contributed by atoms with Crippen LogP contribution in [0.15, 0.2) is 42.6 Å². The van der Waals surface area contributed by atoms with Crippen LogP contribution in [0.25, 0.3) is 0 Å². The van der Waals surface area contributed by atoms with Crippen molar-refractivity contribution < 1.29 is 5.11 Å². The minimum absolute atomic E-state index is 0.306. The number of halogens is 1. The van der Waals surface area contributed by atoms with E-state index in [0.717, 1.165) is 11.3 Å². The molecular weight excluding hydrogens is 274 g/mol.